The van der Waals surface area contributed by atoms with Crippen LogP contribution in [0.15, 0.2) is 60.7 Å². The second-order valence-corrected chi connectivity index (χ2v) is 7.42. The molecule has 1 saturated heterocycles. The Hall–Kier alpha value is -2.62. The van der Waals surface area contributed by atoms with Gasteiger partial charge in [-0.05, 0) is 24.0 Å². The van der Waals surface area contributed by atoms with E-state index < -0.39 is 0 Å². The van der Waals surface area contributed by atoms with Gasteiger partial charge < -0.3 is 9.80 Å². The highest BCUT2D eigenvalue weighted by atomic mass is 16.2. The molecule has 1 aliphatic heterocycles. The fraction of sp³-hybridized carbons (Fsp3) is 0.417. The summed E-state index contributed by atoms with van der Waals surface area (Å²) in [4.78, 5) is 29.8. The first-order chi connectivity index (χ1) is 13.7. The van der Waals surface area contributed by atoms with Crippen LogP contribution in [-0.4, -0.2) is 47.8 Å². The summed E-state index contributed by atoms with van der Waals surface area (Å²) in [5.74, 6) is 0.0452. The van der Waals surface area contributed by atoms with E-state index in [2.05, 4.69) is 6.92 Å². The summed E-state index contributed by atoms with van der Waals surface area (Å²) in [7, 11) is 0. The van der Waals surface area contributed by atoms with Gasteiger partial charge in [0.25, 0.3) is 0 Å². The number of benzene rings is 2. The largest absolute Gasteiger partial charge is 0.341 e. The van der Waals surface area contributed by atoms with Crippen LogP contribution in [0.2, 0.25) is 0 Å². The van der Waals surface area contributed by atoms with E-state index in [0.29, 0.717) is 26.1 Å². The Morgan fingerprint density at radius 2 is 1.36 bits per heavy atom. The molecule has 2 amide bonds. The Morgan fingerprint density at radius 1 is 0.821 bits per heavy atom. The molecule has 148 valence electrons. The zero-order valence-electron chi connectivity index (χ0n) is 16.7. The first-order valence-corrected chi connectivity index (χ1v) is 10.4. The highest BCUT2D eigenvalue weighted by Crippen LogP contribution is 2.27. The molecule has 0 spiro atoms. The smallest absolute Gasteiger partial charge is 0.234 e. The van der Waals surface area contributed by atoms with Crippen molar-refractivity contribution < 1.29 is 9.59 Å². The lowest BCUT2D eigenvalue weighted by Gasteiger charge is -2.27. The summed E-state index contributed by atoms with van der Waals surface area (Å²) in [6.45, 7) is 4.78. The summed E-state index contributed by atoms with van der Waals surface area (Å²) in [6, 6.07) is 20.0. The van der Waals surface area contributed by atoms with Gasteiger partial charge in [0.2, 0.25) is 11.8 Å². The van der Waals surface area contributed by atoms with Crippen LogP contribution in [0.5, 0.6) is 0 Å². The fourth-order valence-corrected chi connectivity index (χ4v) is 3.82. The number of nitrogens with zero attached hydrogens (tertiary/aromatic N) is 2. The first kappa shape index (κ1) is 20.1. The van der Waals surface area contributed by atoms with E-state index in [1.807, 2.05) is 70.5 Å². The van der Waals surface area contributed by atoms with Gasteiger partial charge in [-0.2, -0.15) is 0 Å². The summed E-state index contributed by atoms with van der Waals surface area (Å²) >= 11 is 0. The molecule has 4 nitrogen and oxygen atoms in total. The van der Waals surface area contributed by atoms with E-state index in [1.165, 1.54) is 0 Å². The van der Waals surface area contributed by atoms with E-state index in [4.69, 9.17) is 0 Å². The summed E-state index contributed by atoms with van der Waals surface area (Å²) in [5.41, 5.74) is 2.03. The number of carbonyl (C=O) groups excluding carboxylic acids is 2. The van der Waals surface area contributed by atoms with Crippen LogP contribution in [-0.2, 0) is 9.59 Å². The molecule has 0 unspecified atom stereocenters. The number of hydrogen-bond donors (Lipinski definition) is 0. The number of amides is 2. The Morgan fingerprint density at radius 3 is 1.93 bits per heavy atom. The average molecular weight is 379 g/mol. The maximum atomic E-state index is 13.5. The molecule has 0 aliphatic carbocycles. The van der Waals surface area contributed by atoms with Gasteiger partial charge >= 0.3 is 0 Å². The van der Waals surface area contributed by atoms with E-state index in [9.17, 15) is 9.59 Å². The van der Waals surface area contributed by atoms with E-state index in [1.54, 1.807) is 0 Å². The molecule has 1 aliphatic rings. The highest BCUT2D eigenvalue weighted by Gasteiger charge is 2.29. The molecule has 0 bridgehead atoms. The summed E-state index contributed by atoms with van der Waals surface area (Å²) < 4.78 is 0. The van der Waals surface area contributed by atoms with Crippen LogP contribution in [0.25, 0.3) is 0 Å². The van der Waals surface area contributed by atoms with Crippen molar-refractivity contribution in [2.45, 2.75) is 38.5 Å². The Labute approximate surface area is 168 Å². The van der Waals surface area contributed by atoms with Crippen LogP contribution in [0.3, 0.4) is 0 Å². The second-order valence-electron chi connectivity index (χ2n) is 7.42. The minimum atomic E-state index is -0.301. The van der Waals surface area contributed by atoms with Crippen molar-refractivity contribution in [2.24, 2.45) is 0 Å². The zero-order chi connectivity index (χ0) is 19.8. The summed E-state index contributed by atoms with van der Waals surface area (Å²) in [6.07, 6.45) is 3.41. The molecule has 4 heteroatoms. The van der Waals surface area contributed by atoms with Crippen molar-refractivity contribution in [3.63, 3.8) is 0 Å². The van der Waals surface area contributed by atoms with Crippen molar-refractivity contribution in [1.82, 2.24) is 9.80 Å². The normalized spacial score (nSPS) is 14.8. The summed E-state index contributed by atoms with van der Waals surface area (Å²) in [5, 5.41) is 0. The van der Waals surface area contributed by atoms with Crippen molar-refractivity contribution in [2.75, 3.05) is 26.2 Å². The maximum Gasteiger partial charge on any atom is 0.234 e. The molecule has 1 heterocycles. The van der Waals surface area contributed by atoms with Gasteiger partial charge in [0.05, 0.1) is 5.92 Å². The SMILES string of the molecule is CCCCC(=O)N1CCCN(C(=O)C(c2ccccc2)c2ccccc2)CC1. The monoisotopic (exact) mass is 378 g/mol. The van der Waals surface area contributed by atoms with Gasteiger partial charge in [0.1, 0.15) is 0 Å². The van der Waals surface area contributed by atoms with Crippen LogP contribution in [0.1, 0.15) is 49.7 Å². The molecule has 0 aromatic heterocycles. The third-order valence-corrected chi connectivity index (χ3v) is 5.42. The predicted molar refractivity (Wildman–Crippen MR) is 112 cm³/mol. The molecule has 1 fully saturated rings. The molecule has 0 N–H and O–H groups in total. The Kier molecular flexibility index (Phi) is 7.24. The third kappa shape index (κ3) is 5.00. The zero-order valence-corrected chi connectivity index (χ0v) is 16.7. The number of rotatable bonds is 6. The quantitative estimate of drug-likeness (QED) is 0.760. The van der Waals surface area contributed by atoms with Crippen molar-refractivity contribution >= 4 is 11.8 Å². The number of unbranched alkanes of at least 4 members (excludes halogenated alkanes) is 1. The van der Waals surface area contributed by atoms with Gasteiger partial charge in [0.15, 0.2) is 0 Å². The van der Waals surface area contributed by atoms with Gasteiger partial charge in [-0.1, -0.05) is 74.0 Å². The van der Waals surface area contributed by atoms with E-state index >= 15 is 0 Å². The van der Waals surface area contributed by atoms with Crippen LogP contribution in [0, 0.1) is 0 Å². The van der Waals surface area contributed by atoms with Crippen LogP contribution >= 0.6 is 0 Å². The lowest BCUT2D eigenvalue weighted by atomic mass is 9.90. The molecule has 0 saturated carbocycles. The minimum absolute atomic E-state index is 0.125. The predicted octanol–water partition coefficient (Wildman–Crippen LogP) is 4.07. The van der Waals surface area contributed by atoms with Crippen LogP contribution in [0.4, 0.5) is 0 Å². The van der Waals surface area contributed by atoms with Gasteiger partial charge in [-0.15, -0.1) is 0 Å². The van der Waals surface area contributed by atoms with Crippen molar-refractivity contribution in [3.05, 3.63) is 71.8 Å². The fourth-order valence-electron chi connectivity index (χ4n) is 3.82. The minimum Gasteiger partial charge on any atom is -0.341 e. The molecule has 2 aromatic carbocycles. The molecule has 3 rings (SSSR count). The van der Waals surface area contributed by atoms with Gasteiger partial charge in [-0.25, -0.2) is 0 Å². The van der Waals surface area contributed by atoms with E-state index in [0.717, 1.165) is 36.9 Å². The standard InChI is InChI=1S/C24H30N2O2/c1-2-3-15-22(27)25-16-10-17-26(19-18-25)24(28)23(20-11-6-4-7-12-20)21-13-8-5-9-14-21/h4-9,11-14,23H,2-3,10,15-19H2,1H3. The number of carbonyl (C=O) groups is 2. The number of hydrogen-bond acceptors (Lipinski definition) is 2. The average Bonchev–Trinajstić information content (AvgIpc) is 3.00. The highest BCUT2D eigenvalue weighted by molar-refractivity contribution is 5.87. The van der Waals surface area contributed by atoms with Crippen LogP contribution < -0.4 is 0 Å². The van der Waals surface area contributed by atoms with Gasteiger partial charge in [-0.3, -0.25) is 9.59 Å². The molecule has 2 aromatic rings. The second kappa shape index (κ2) is 10.1. The third-order valence-electron chi connectivity index (χ3n) is 5.42. The Balaban J connectivity index is 1.75. The van der Waals surface area contributed by atoms with Gasteiger partial charge in [0, 0.05) is 32.6 Å². The molecule has 0 radical (unpaired) electrons. The van der Waals surface area contributed by atoms with Crippen molar-refractivity contribution in [1.29, 1.82) is 0 Å². The topological polar surface area (TPSA) is 40.6 Å². The molecular weight excluding hydrogens is 348 g/mol. The maximum absolute atomic E-state index is 13.5. The van der Waals surface area contributed by atoms with Crippen molar-refractivity contribution in [3.8, 4) is 0 Å². The molecular formula is C24H30N2O2. The Bertz CT molecular complexity index is 721. The lowest BCUT2D eigenvalue weighted by Crippen LogP contribution is -2.39. The first-order valence-electron chi connectivity index (χ1n) is 10.4. The van der Waals surface area contributed by atoms with E-state index in [-0.39, 0.29) is 17.7 Å². The lowest BCUT2D eigenvalue weighted by molar-refractivity contribution is -0.134. The molecule has 0 atom stereocenters. The molecule has 28 heavy (non-hydrogen) atoms.